The van der Waals surface area contributed by atoms with Crippen molar-refractivity contribution in [2.24, 2.45) is 23.7 Å². The zero-order chi connectivity index (χ0) is 16.4. The predicted molar refractivity (Wildman–Crippen MR) is 60.2 cm³/mol. The van der Waals surface area contributed by atoms with Crippen LogP contribution in [0, 0.1) is 23.7 Å². The molecular formula is C13H17F7O. The number of rotatable bonds is 2. The minimum atomic E-state index is -5.87. The van der Waals surface area contributed by atoms with Crippen molar-refractivity contribution in [3.63, 3.8) is 0 Å². The Labute approximate surface area is 117 Å². The molecule has 21 heavy (non-hydrogen) atoms. The Morgan fingerprint density at radius 2 is 1.43 bits per heavy atom. The van der Waals surface area contributed by atoms with E-state index in [0.717, 1.165) is 0 Å². The lowest BCUT2D eigenvalue weighted by Gasteiger charge is -2.49. The fourth-order valence-corrected chi connectivity index (χ4v) is 4.39. The third-order valence-corrected chi connectivity index (χ3v) is 5.60. The average molecular weight is 322 g/mol. The van der Waals surface area contributed by atoms with Crippen LogP contribution in [0.15, 0.2) is 0 Å². The quantitative estimate of drug-likeness (QED) is 0.679. The summed E-state index contributed by atoms with van der Waals surface area (Å²) in [6, 6.07) is 0. The molecule has 0 N–H and O–H groups in total. The molecule has 124 valence electrons. The van der Waals surface area contributed by atoms with E-state index < -0.39 is 47.8 Å². The number of halogens is 7. The predicted octanol–water partition coefficient (Wildman–Crippen LogP) is 4.52. The highest BCUT2D eigenvalue weighted by Gasteiger charge is 2.85. The summed E-state index contributed by atoms with van der Waals surface area (Å²) in [5, 5.41) is 0. The van der Waals surface area contributed by atoms with E-state index in [1.165, 1.54) is 6.92 Å². The van der Waals surface area contributed by atoms with Gasteiger partial charge in [-0.05, 0) is 36.5 Å². The molecule has 0 amide bonds. The summed E-state index contributed by atoms with van der Waals surface area (Å²) in [6.07, 6.45) is -12.5. The summed E-state index contributed by atoms with van der Waals surface area (Å²) in [5.74, 6) is -2.42. The summed E-state index contributed by atoms with van der Waals surface area (Å²) >= 11 is 0. The van der Waals surface area contributed by atoms with E-state index in [-0.39, 0.29) is 19.4 Å². The first-order valence-electron chi connectivity index (χ1n) is 6.71. The molecule has 2 aliphatic rings. The Morgan fingerprint density at radius 1 is 0.952 bits per heavy atom. The molecule has 0 aliphatic heterocycles. The summed E-state index contributed by atoms with van der Waals surface area (Å²) in [7, 11) is 0.280. The monoisotopic (exact) mass is 322 g/mol. The Hall–Kier alpha value is -0.530. The van der Waals surface area contributed by atoms with Gasteiger partial charge in [-0.1, -0.05) is 13.8 Å². The first kappa shape index (κ1) is 16.8. The molecule has 2 saturated carbocycles. The third kappa shape index (κ3) is 1.86. The second kappa shape index (κ2) is 4.49. The Kier molecular flexibility index (Phi) is 3.60. The van der Waals surface area contributed by atoms with Crippen molar-refractivity contribution in [1.82, 2.24) is 0 Å². The fraction of sp³-hybridized carbons (Fsp3) is 1.00. The van der Waals surface area contributed by atoms with Crippen LogP contribution in [0.4, 0.5) is 30.7 Å². The SMILES string of the molecule is COC(C(F)(F)F)(C(F)(F)F)C1(F)CC2CC1C(C)C2C. The number of hydrogen-bond acceptors (Lipinski definition) is 1. The van der Waals surface area contributed by atoms with Gasteiger partial charge in [0.05, 0.1) is 0 Å². The molecule has 8 heteroatoms. The zero-order valence-electron chi connectivity index (χ0n) is 11.8. The third-order valence-electron chi connectivity index (χ3n) is 5.60. The molecule has 0 spiro atoms. The van der Waals surface area contributed by atoms with Gasteiger partial charge in [0, 0.05) is 7.11 Å². The molecule has 2 bridgehead atoms. The van der Waals surface area contributed by atoms with Gasteiger partial charge in [-0.15, -0.1) is 0 Å². The first-order chi connectivity index (χ1) is 9.33. The topological polar surface area (TPSA) is 9.23 Å². The van der Waals surface area contributed by atoms with Crippen molar-refractivity contribution in [2.75, 3.05) is 7.11 Å². The lowest BCUT2D eigenvalue weighted by molar-refractivity contribution is -0.416. The zero-order valence-corrected chi connectivity index (χ0v) is 11.8. The number of methoxy groups -OCH3 is 1. The van der Waals surface area contributed by atoms with Crippen LogP contribution in [0.25, 0.3) is 0 Å². The molecule has 2 fully saturated rings. The first-order valence-corrected chi connectivity index (χ1v) is 6.71. The second-order valence-electron chi connectivity index (χ2n) is 6.27. The van der Waals surface area contributed by atoms with E-state index in [9.17, 15) is 26.3 Å². The van der Waals surface area contributed by atoms with Crippen molar-refractivity contribution in [2.45, 2.75) is 50.3 Å². The van der Waals surface area contributed by atoms with Gasteiger partial charge in [-0.3, -0.25) is 0 Å². The van der Waals surface area contributed by atoms with E-state index in [1.54, 1.807) is 6.92 Å². The molecule has 2 rings (SSSR count). The minimum absolute atomic E-state index is 0.0378. The van der Waals surface area contributed by atoms with E-state index >= 15 is 4.39 Å². The summed E-state index contributed by atoms with van der Waals surface area (Å²) in [4.78, 5) is 0. The van der Waals surface area contributed by atoms with Crippen LogP contribution >= 0.6 is 0 Å². The maximum atomic E-state index is 15.2. The largest absolute Gasteiger partial charge is 0.429 e. The Morgan fingerprint density at radius 3 is 1.71 bits per heavy atom. The molecule has 0 saturated heterocycles. The lowest BCUT2D eigenvalue weighted by atomic mass is 9.66. The molecule has 0 aromatic carbocycles. The average Bonchev–Trinajstić information content (AvgIpc) is 2.74. The van der Waals surface area contributed by atoms with Gasteiger partial charge in [0.25, 0.3) is 5.60 Å². The number of alkyl halides is 7. The molecular weight excluding hydrogens is 305 g/mol. The highest BCUT2D eigenvalue weighted by Crippen LogP contribution is 2.67. The number of hydrogen-bond donors (Lipinski definition) is 0. The van der Waals surface area contributed by atoms with E-state index in [1.807, 2.05) is 0 Å². The van der Waals surface area contributed by atoms with Crippen LogP contribution in [-0.2, 0) is 4.74 Å². The van der Waals surface area contributed by atoms with Crippen LogP contribution in [0.2, 0.25) is 0 Å². The maximum Gasteiger partial charge on any atom is 0.429 e. The second-order valence-corrected chi connectivity index (χ2v) is 6.27. The van der Waals surface area contributed by atoms with Gasteiger partial charge in [-0.2, -0.15) is 26.3 Å². The van der Waals surface area contributed by atoms with Gasteiger partial charge >= 0.3 is 12.4 Å². The van der Waals surface area contributed by atoms with Crippen LogP contribution in [0.3, 0.4) is 0 Å². The molecule has 1 nitrogen and oxygen atoms in total. The number of fused-ring (bicyclic) bond motifs is 2. The normalized spacial score (nSPS) is 40.9. The standard InChI is InChI=1S/C13H17F7O/c1-6-7(2)9-4-8(6)5-10(9,14)11(21-3,12(15,16)17)13(18,19)20/h6-9H,4-5H2,1-3H3. The summed E-state index contributed by atoms with van der Waals surface area (Å²) in [6.45, 7) is 3.25. The summed E-state index contributed by atoms with van der Waals surface area (Å²) in [5.41, 5.74) is -8.24. The van der Waals surface area contributed by atoms with Gasteiger partial charge < -0.3 is 4.74 Å². The number of ether oxygens (including phenoxy) is 1. The molecule has 0 aromatic heterocycles. The molecule has 0 aromatic rings. The Balaban J connectivity index is 2.59. The van der Waals surface area contributed by atoms with Crippen molar-refractivity contribution < 1.29 is 35.5 Å². The lowest BCUT2D eigenvalue weighted by Crippen LogP contribution is -2.72. The smallest absolute Gasteiger partial charge is 0.359 e. The highest BCUT2D eigenvalue weighted by atomic mass is 19.4. The van der Waals surface area contributed by atoms with Gasteiger partial charge in [0.15, 0.2) is 5.67 Å². The Bertz CT molecular complexity index is 400. The van der Waals surface area contributed by atoms with Crippen molar-refractivity contribution in [1.29, 1.82) is 0 Å². The minimum Gasteiger partial charge on any atom is -0.359 e. The van der Waals surface area contributed by atoms with E-state index in [0.29, 0.717) is 0 Å². The highest BCUT2D eigenvalue weighted by molar-refractivity contribution is 5.20. The molecule has 0 heterocycles. The summed E-state index contributed by atoms with van der Waals surface area (Å²) < 4.78 is 98.4. The fourth-order valence-electron chi connectivity index (χ4n) is 4.39. The van der Waals surface area contributed by atoms with Crippen LogP contribution < -0.4 is 0 Å². The maximum absolute atomic E-state index is 15.2. The molecule has 2 aliphatic carbocycles. The van der Waals surface area contributed by atoms with Crippen LogP contribution in [0.5, 0.6) is 0 Å². The van der Waals surface area contributed by atoms with Crippen LogP contribution in [-0.4, -0.2) is 30.7 Å². The van der Waals surface area contributed by atoms with Crippen molar-refractivity contribution >= 4 is 0 Å². The van der Waals surface area contributed by atoms with Crippen LogP contribution in [0.1, 0.15) is 26.7 Å². The molecule has 5 unspecified atom stereocenters. The van der Waals surface area contributed by atoms with E-state index in [2.05, 4.69) is 4.74 Å². The van der Waals surface area contributed by atoms with Crippen molar-refractivity contribution in [3.8, 4) is 0 Å². The molecule has 5 atom stereocenters. The van der Waals surface area contributed by atoms with Gasteiger partial charge in [0.2, 0.25) is 0 Å². The van der Waals surface area contributed by atoms with Gasteiger partial charge in [-0.25, -0.2) is 4.39 Å². The molecule has 0 radical (unpaired) electrons. The van der Waals surface area contributed by atoms with E-state index in [4.69, 9.17) is 0 Å². The van der Waals surface area contributed by atoms with Gasteiger partial charge in [0.1, 0.15) is 0 Å². The van der Waals surface area contributed by atoms with Crippen molar-refractivity contribution in [3.05, 3.63) is 0 Å².